The SMILES string of the molecule is C1CO[C@@H](CNC2CCOCC2)C1. The fourth-order valence-corrected chi connectivity index (χ4v) is 2.01. The zero-order valence-electron chi connectivity index (χ0n) is 8.13. The molecule has 3 nitrogen and oxygen atoms in total. The lowest BCUT2D eigenvalue weighted by atomic mass is 10.1. The second-order valence-electron chi connectivity index (χ2n) is 3.93. The van der Waals surface area contributed by atoms with Crippen LogP contribution in [0.2, 0.25) is 0 Å². The van der Waals surface area contributed by atoms with Crippen LogP contribution in [0.3, 0.4) is 0 Å². The maximum absolute atomic E-state index is 5.55. The molecule has 2 saturated heterocycles. The van der Waals surface area contributed by atoms with Gasteiger partial charge in [-0.2, -0.15) is 0 Å². The van der Waals surface area contributed by atoms with Crippen LogP contribution < -0.4 is 5.32 Å². The molecule has 0 saturated carbocycles. The number of rotatable bonds is 3. The molecule has 2 aliphatic heterocycles. The highest BCUT2D eigenvalue weighted by Gasteiger charge is 2.18. The summed E-state index contributed by atoms with van der Waals surface area (Å²) >= 11 is 0. The molecule has 13 heavy (non-hydrogen) atoms. The molecule has 0 aromatic carbocycles. The molecule has 2 aliphatic rings. The van der Waals surface area contributed by atoms with Crippen molar-refractivity contribution in [1.82, 2.24) is 5.32 Å². The Balaban J connectivity index is 1.60. The molecule has 0 radical (unpaired) electrons. The Kier molecular flexibility index (Phi) is 3.58. The first-order valence-corrected chi connectivity index (χ1v) is 5.38. The van der Waals surface area contributed by atoms with Crippen LogP contribution >= 0.6 is 0 Å². The van der Waals surface area contributed by atoms with E-state index in [4.69, 9.17) is 9.47 Å². The second kappa shape index (κ2) is 4.94. The number of nitrogens with one attached hydrogen (secondary N) is 1. The highest BCUT2D eigenvalue weighted by Crippen LogP contribution is 2.12. The van der Waals surface area contributed by atoms with E-state index < -0.39 is 0 Å². The van der Waals surface area contributed by atoms with Gasteiger partial charge < -0.3 is 14.8 Å². The summed E-state index contributed by atoms with van der Waals surface area (Å²) in [7, 11) is 0. The van der Waals surface area contributed by atoms with Gasteiger partial charge in [0.1, 0.15) is 0 Å². The topological polar surface area (TPSA) is 30.5 Å². The number of hydrogen-bond donors (Lipinski definition) is 1. The smallest absolute Gasteiger partial charge is 0.0700 e. The van der Waals surface area contributed by atoms with E-state index in [-0.39, 0.29) is 0 Å². The summed E-state index contributed by atoms with van der Waals surface area (Å²) in [5.74, 6) is 0. The molecule has 0 spiro atoms. The lowest BCUT2D eigenvalue weighted by molar-refractivity contribution is 0.0669. The van der Waals surface area contributed by atoms with Crippen molar-refractivity contribution in [3.63, 3.8) is 0 Å². The lowest BCUT2D eigenvalue weighted by Gasteiger charge is -2.24. The van der Waals surface area contributed by atoms with Crippen molar-refractivity contribution < 1.29 is 9.47 Å². The van der Waals surface area contributed by atoms with Gasteiger partial charge in [0.05, 0.1) is 6.10 Å². The van der Waals surface area contributed by atoms with Crippen molar-refractivity contribution in [3.8, 4) is 0 Å². The quantitative estimate of drug-likeness (QED) is 0.709. The maximum atomic E-state index is 5.55. The lowest BCUT2D eigenvalue weighted by Crippen LogP contribution is -2.39. The van der Waals surface area contributed by atoms with E-state index in [1.807, 2.05) is 0 Å². The van der Waals surface area contributed by atoms with E-state index in [2.05, 4.69) is 5.32 Å². The zero-order valence-corrected chi connectivity index (χ0v) is 8.13. The molecular formula is C10H19NO2. The minimum absolute atomic E-state index is 0.475. The van der Waals surface area contributed by atoms with Crippen LogP contribution in [0.25, 0.3) is 0 Å². The Hall–Kier alpha value is -0.120. The molecular weight excluding hydrogens is 166 g/mol. The van der Waals surface area contributed by atoms with Crippen molar-refractivity contribution >= 4 is 0 Å². The van der Waals surface area contributed by atoms with E-state index in [9.17, 15) is 0 Å². The summed E-state index contributed by atoms with van der Waals surface area (Å²) < 4.78 is 10.9. The number of hydrogen-bond acceptors (Lipinski definition) is 3. The fourth-order valence-electron chi connectivity index (χ4n) is 2.01. The normalized spacial score (nSPS) is 30.9. The largest absolute Gasteiger partial charge is 0.381 e. The van der Waals surface area contributed by atoms with Crippen molar-refractivity contribution in [2.75, 3.05) is 26.4 Å². The molecule has 2 heterocycles. The Morgan fingerprint density at radius 3 is 2.62 bits per heavy atom. The molecule has 3 heteroatoms. The van der Waals surface area contributed by atoms with Crippen LogP contribution in [-0.2, 0) is 9.47 Å². The van der Waals surface area contributed by atoms with Crippen molar-refractivity contribution in [2.24, 2.45) is 0 Å². The van der Waals surface area contributed by atoms with Gasteiger partial charge in [-0.15, -0.1) is 0 Å². The first-order valence-electron chi connectivity index (χ1n) is 5.38. The first-order chi connectivity index (χ1) is 6.45. The van der Waals surface area contributed by atoms with Crippen LogP contribution in [0.1, 0.15) is 25.7 Å². The molecule has 0 unspecified atom stereocenters. The van der Waals surface area contributed by atoms with E-state index >= 15 is 0 Å². The summed E-state index contributed by atoms with van der Waals surface area (Å²) in [6, 6.07) is 0.665. The predicted molar refractivity (Wildman–Crippen MR) is 50.8 cm³/mol. The van der Waals surface area contributed by atoms with Gasteiger partial charge in [0, 0.05) is 32.4 Å². The van der Waals surface area contributed by atoms with E-state index in [1.165, 1.54) is 12.8 Å². The van der Waals surface area contributed by atoms with Crippen molar-refractivity contribution in [2.45, 2.75) is 37.8 Å². The van der Waals surface area contributed by atoms with Gasteiger partial charge >= 0.3 is 0 Å². The summed E-state index contributed by atoms with van der Waals surface area (Å²) in [5.41, 5.74) is 0. The van der Waals surface area contributed by atoms with Gasteiger partial charge in [-0.05, 0) is 25.7 Å². The summed E-state index contributed by atoms with van der Waals surface area (Å²) in [6.45, 7) is 3.83. The first kappa shape index (κ1) is 9.44. The molecule has 0 bridgehead atoms. The Labute approximate surface area is 79.8 Å². The van der Waals surface area contributed by atoms with Crippen LogP contribution in [0, 0.1) is 0 Å². The molecule has 2 rings (SSSR count). The Bertz CT molecular complexity index is 140. The maximum Gasteiger partial charge on any atom is 0.0700 e. The van der Waals surface area contributed by atoms with E-state index in [0.29, 0.717) is 12.1 Å². The van der Waals surface area contributed by atoms with E-state index in [0.717, 1.165) is 39.2 Å². The third-order valence-electron chi connectivity index (χ3n) is 2.88. The van der Waals surface area contributed by atoms with Gasteiger partial charge in [0.15, 0.2) is 0 Å². The molecule has 2 fully saturated rings. The second-order valence-corrected chi connectivity index (χ2v) is 3.93. The fraction of sp³-hybridized carbons (Fsp3) is 1.00. The average Bonchev–Trinajstić information content (AvgIpc) is 2.69. The van der Waals surface area contributed by atoms with Crippen LogP contribution in [0.4, 0.5) is 0 Å². The predicted octanol–water partition coefficient (Wildman–Crippen LogP) is 0.934. The summed E-state index contributed by atoms with van der Waals surface area (Å²) in [6.07, 6.45) is 5.26. The molecule has 0 aliphatic carbocycles. The summed E-state index contributed by atoms with van der Waals surface area (Å²) in [4.78, 5) is 0. The molecule has 0 aromatic heterocycles. The molecule has 0 aromatic rings. The third kappa shape index (κ3) is 2.93. The van der Waals surface area contributed by atoms with Gasteiger partial charge in [-0.1, -0.05) is 0 Å². The van der Waals surface area contributed by atoms with Crippen LogP contribution in [0.5, 0.6) is 0 Å². The van der Waals surface area contributed by atoms with Crippen LogP contribution in [0.15, 0.2) is 0 Å². The molecule has 1 N–H and O–H groups in total. The summed E-state index contributed by atoms with van der Waals surface area (Å²) in [5, 5.41) is 3.56. The minimum Gasteiger partial charge on any atom is -0.381 e. The third-order valence-corrected chi connectivity index (χ3v) is 2.88. The Morgan fingerprint density at radius 2 is 1.92 bits per heavy atom. The highest BCUT2D eigenvalue weighted by atomic mass is 16.5. The monoisotopic (exact) mass is 185 g/mol. The zero-order chi connectivity index (χ0) is 8.93. The van der Waals surface area contributed by atoms with Gasteiger partial charge in [0.2, 0.25) is 0 Å². The van der Waals surface area contributed by atoms with Gasteiger partial charge in [-0.25, -0.2) is 0 Å². The Morgan fingerprint density at radius 1 is 1.08 bits per heavy atom. The molecule has 0 amide bonds. The molecule has 76 valence electrons. The minimum atomic E-state index is 0.475. The van der Waals surface area contributed by atoms with Gasteiger partial charge in [0.25, 0.3) is 0 Å². The highest BCUT2D eigenvalue weighted by molar-refractivity contribution is 4.74. The van der Waals surface area contributed by atoms with Crippen molar-refractivity contribution in [1.29, 1.82) is 0 Å². The van der Waals surface area contributed by atoms with Crippen molar-refractivity contribution in [3.05, 3.63) is 0 Å². The molecule has 1 atom stereocenters. The van der Waals surface area contributed by atoms with E-state index in [1.54, 1.807) is 0 Å². The standard InChI is InChI=1S/C10H19NO2/c1-2-10(13-5-1)8-11-9-3-6-12-7-4-9/h9-11H,1-8H2/t10-/m1/s1. The number of ether oxygens (including phenoxy) is 2. The van der Waals surface area contributed by atoms with Gasteiger partial charge in [-0.3, -0.25) is 0 Å². The van der Waals surface area contributed by atoms with Crippen LogP contribution in [-0.4, -0.2) is 38.5 Å². The average molecular weight is 185 g/mol.